The highest BCUT2D eigenvalue weighted by Gasteiger charge is 2.26. The summed E-state index contributed by atoms with van der Waals surface area (Å²) in [7, 11) is 0. The Morgan fingerprint density at radius 2 is 2.26 bits per heavy atom. The number of thioether (sulfide) groups is 1. The molecular formula is C11H17N7S. The first-order valence-electron chi connectivity index (χ1n) is 6.66. The molecule has 0 aliphatic heterocycles. The summed E-state index contributed by atoms with van der Waals surface area (Å²) in [5, 5.41) is 21.0. The van der Waals surface area contributed by atoms with Crippen LogP contribution in [0.3, 0.4) is 0 Å². The van der Waals surface area contributed by atoms with Gasteiger partial charge in [-0.3, -0.25) is 0 Å². The normalized spacial score (nSPS) is 15.0. The number of rotatable bonds is 7. The second-order valence-electron chi connectivity index (χ2n) is 4.71. The van der Waals surface area contributed by atoms with Crippen LogP contribution in [0.4, 0.5) is 0 Å². The molecule has 0 amide bonds. The molecule has 3 rings (SSSR count). The van der Waals surface area contributed by atoms with E-state index in [9.17, 15) is 0 Å². The Balaban J connectivity index is 1.62. The maximum absolute atomic E-state index is 4.17. The molecule has 1 saturated carbocycles. The molecule has 2 aromatic heterocycles. The van der Waals surface area contributed by atoms with E-state index >= 15 is 0 Å². The molecule has 2 heterocycles. The molecule has 102 valence electrons. The van der Waals surface area contributed by atoms with Crippen LogP contribution in [0, 0.1) is 0 Å². The predicted octanol–water partition coefficient (Wildman–Crippen LogP) is 1.69. The lowest BCUT2D eigenvalue weighted by molar-refractivity contribution is 0.540. The standard InChI is InChI=1S/C11H17N7S/c1-2-3-6-18-10(13-15-16-18)7-19-11-14-12-8-17(11)9-4-5-9/h8-9H,2-7H2,1H3. The van der Waals surface area contributed by atoms with Gasteiger partial charge in [-0.1, -0.05) is 25.1 Å². The van der Waals surface area contributed by atoms with Crippen molar-refractivity contribution in [2.75, 3.05) is 0 Å². The van der Waals surface area contributed by atoms with Crippen molar-refractivity contribution >= 4 is 11.8 Å². The molecule has 1 fully saturated rings. The summed E-state index contributed by atoms with van der Waals surface area (Å²) in [5.74, 6) is 1.64. The van der Waals surface area contributed by atoms with Crippen molar-refractivity contribution < 1.29 is 0 Å². The summed E-state index contributed by atoms with van der Waals surface area (Å²) in [6.07, 6.45) is 6.53. The Kier molecular flexibility index (Phi) is 3.77. The number of hydrogen-bond acceptors (Lipinski definition) is 6. The molecule has 0 saturated heterocycles. The average Bonchev–Trinajstić information content (AvgIpc) is 3.00. The minimum Gasteiger partial charge on any atom is -0.306 e. The molecule has 8 heteroatoms. The lowest BCUT2D eigenvalue weighted by Gasteiger charge is -2.04. The number of hydrogen-bond donors (Lipinski definition) is 0. The highest BCUT2D eigenvalue weighted by atomic mass is 32.2. The highest BCUT2D eigenvalue weighted by Crippen LogP contribution is 2.37. The largest absolute Gasteiger partial charge is 0.306 e. The summed E-state index contributed by atoms with van der Waals surface area (Å²) < 4.78 is 4.04. The van der Waals surface area contributed by atoms with Gasteiger partial charge in [0.2, 0.25) is 0 Å². The summed E-state index contributed by atoms with van der Waals surface area (Å²) in [6, 6.07) is 0.605. The van der Waals surface area contributed by atoms with Crippen LogP contribution in [0.25, 0.3) is 0 Å². The molecule has 7 nitrogen and oxygen atoms in total. The van der Waals surface area contributed by atoms with E-state index in [1.807, 2.05) is 11.0 Å². The third kappa shape index (κ3) is 2.94. The number of nitrogens with zero attached hydrogens (tertiary/aromatic N) is 7. The minimum atomic E-state index is 0.605. The Labute approximate surface area is 115 Å². The molecule has 0 bridgehead atoms. The fraction of sp³-hybridized carbons (Fsp3) is 0.727. The van der Waals surface area contributed by atoms with Crippen molar-refractivity contribution in [3.8, 4) is 0 Å². The maximum atomic E-state index is 4.17. The Morgan fingerprint density at radius 1 is 1.37 bits per heavy atom. The first-order valence-corrected chi connectivity index (χ1v) is 7.64. The predicted molar refractivity (Wildman–Crippen MR) is 70.6 cm³/mol. The summed E-state index contributed by atoms with van der Waals surface area (Å²) >= 11 is 1.65. The number of tetrazole rings is 1. The first-order chi connectivity index (χ1) is 9.38. The topological polar surface area (TPSA) is 74.3 Å². The van der Waals surface area contributed by atoms with Gasteiger partial charge in [0, 0.05) is 12.6 Å². The van der Waals surface area contributed by atoms with Crippen LogP contribution in [0.2, 0.25) is 0 Å². The zero-order valence-corrected chi connectivity index (χ0v) is 11.8. The molecule has 19 heavy (non-hydrogen) atoms. The van der Waals surface area contributed by atoms with Crippen LogP contribution in [-0.4, -0.2) is 35.0 Å². The van der Waals surface area contributed by atoms with Crippen molar-refractivity contribution in [3.63, 3.8) is 0 Å². The second kappa shape index (κ2) is 5.68. The van der Waals surface area contributed by atoms with Crippen molar-refractivity contribution in [1.82, 2.24) is 35.0 Å². The number of aryl methyl sites for hydroxylation is 1. The van der Waals surface area contributed by atoms with E-state index in [0.29, 0.717) is 6.04 Å². The van der Waals surface area contributed by atoms with Crippen LogP contribution in [-0.2, 0) is 12.3 Å². The molecule has 2 aromatic rings. The van der Waals surface area contributed by atoms with Crippen molar-refractivity contribution in [1.29, 1.82) is 0 Å². The van der Waals surface area contributed by atoms with Gasteiger partial charge in [0.25, 0.3) is 0 Å². The summed E-state index contributed by atoms with van der Waals surface area (Å²) in [4.78, 5) is 0. The van der Waals surface area contributed by atoms with Gasteiger partial charge in [-0.2, -0.15) is 0 Å². The summed E-state index contributed by atoms with van der Waals surface area (Å²) in [6.45, 7) is 3.05. The Bertz CT molecular complexity index is 531. The SMILES string of the molecule is CCCCn1nnnc1CSc1nncn1C1CC1. The molecule has 1 aliphatic rings. The number of unbranched alkanes of at least 4 members (excludes halogenated alkanes) is 1. The maximum Gasteiger partial charge on any atom is 0.191 e. The molecule has 0 radical (unpaired) electrons. The van der Waals surface area contributed by atoms with E-state index in [4.69, 9.17) is 0 Å². The van der Waals surface area contributed by atoms with Crippen molar-refractivity contribution in [2.45, 2.75) is 56.1 Å². The second-order valence-corrected chi connectivity index (χ2v) is 5.65. The zero-order chi connectivity index (χ0) is 13.1. The molecule has 0 spiro atoms. The van der Waals surface area contributed by atoms with E-state index < -0.39 is 0 Å². The minimum absolute atomic E-state index is 0.605. The third-order valence-corrected chi connectivity index (χ3v) is 4.09. The fourth-order valence-electron chi connectivity index (χ4n) is 1.88. The molecular weight excluding hydrogens is 262 g/mol. The lowest BCUT2D eigenvalue weighted by atomic mass is 10.3. The zero-order valence-electron chi connectivity index (χ0n) is 10.9. The Hall–Kier alpha value is -1.44. The quantitative estimate of drug-likeness (QED) is 0.718. The monoisotopic (exact) mass is 279 g/mol. The van der Waals surface area contributed by atoms with Gasteiger partial charge in [0.1, 0.15) is 6.33 Å². The van der Waals surface area contributed by atoms with E-state index in [2.05, 4.69) is 37.2 Å². The van der Waals surface area contributed by atoms with Gasteiger partial charge in [-0.25, -0.2) is 4.68 Å². The molecule has 0 aromatic carbocycles. The van der Waals surface area contributed by atoms with E-state index in [1.165, 1.54) is 12.8 Å². The van der Waals surface area contributed by atoms with Crippen LogP contribution in [0.1, 0.15) is 44.5 Å². The van der Waals surface area contributed by atoms with Crippen LogP contribution < -0.4 is 0 Å². The van der Waals surface area contributed by atoms with E-state index in [1.54, 1.807) is 11.8 Å². The average molecular weight is 279 g/mol. The van der Waals surface area contributed by atoms with Gasteiger partial charge in [0.15, 0.2) is 11.0 Å². The van der Waals surface area contributed by atoms with Gasteiger partial charge in [0.05, 0.1) is 5.75 Å². The van der Waals surface area contributed by atoms with Gasteiger partial charge in [-0.05, 0) is 29.7 Å². The summed E-state index contributed by atoms with van der Waals surface area (Å²) in [5.41, 5.74) is 0. The number of aromatic nitrogens is 7. The van der Waals surface area contributed by atoms with E-state index in [0.717, 1.165) is 36.1 Å². The van der Waals surface area contributed by atoms with Gasteiger partial charge in [-0.15, -0.1) is 15.3 Å². The van der Waals surface area contributed by atoms with Crippen molar-refractivity contribution in [3.05, 3.63) is 12.2 Å². The van der Waals surface area contributed by atoms with Crippen LogP contribution >= 0.6 is 11.8 Å². The Morgan fingerprint density at radius 3 is 3.05 bits per heavy atom. The van der Waals surface area contributed by atoms with Crippen LogP contribution in [0.15, 0.2) is 11.5 Å². The van der Waals surface area contributed by atoms with Gasteiger partial charge < -0.3 is 4.57 Å². The molecule has 0 unspecified atom stereocenters. The first kappa shape index (κ1) is 12.6. The smallest absolute Gasteiger partial charge is 0.191 e. The lowest BCUT2D eigenvalue weighted by Crippen LogP contribution is -2.05. The fourth-order valence-corrected chi connectivity index (χ4v) is 2.79. The van der Waals surface area contributed by atoms with E-state index in [-0.39, 0.29) is 0 Å². The van der Waals surface area contributed by atoms with Gasteiger partial charge >= 0.3 is 0 Å². The molecule has 1 aliphatic carbocycles. The highest BCUT2D eigenvalue weighted by molar-refractivity contribution is 7.98. The third-order valence-electron chi connectivity index (χ3n) is 3.14. The van der Waals surface area contributed by atoms with Crippen molar-refractivity contribution in [2.24, 2.45) is 0 Å². The molecule has 0 N–H and O–H groups in total. The van der Waals surface area contributed by atoms with Crippen LogP contribution in [0.5, 0.6) is 0 Å². The molecule has 0 atom stereocenters.